The number of para-hydroxylation sites is 2. The van der Waals surface area contributed by atoms with Crippen molar-refractivity contribution in [3.05, 3.63) is 41.7 Å². The van der Waals surface area contributed by atoms with Crippen LogP contribution in [0, 0.1) is 5.92 Å². The molecule has 1 N–H and O–H groups in total. The van der Waals surface area contributed by atoms with Crippen molar-refractivity contribution in [2.45, 2.75) is 39.6 Å². The summed E-state index contributed by atoms with van der Waals surface area (Å²) in [6.07, 6.45) is -0.640. The van der Waals surface area contributed by atoms with Crippen LogP contribution in [0.1, 0.15) is 25.2 Å². The molecule has 7 heteroatoms. The number of hydrogen-bond acceptors (Lipinski definition) is 5. The van der Waals surface area contributed by atoms with Gasteiger partial charge in [0.1, 0.15) is 6.61 Å². The number of rotatable bonds is 5. The van der Waals surface area contributed by atoms with Crippen LogP contribution in [0.2, 0.25) is 0 Å². The first-order valence-corrected chi connectivity index (χ1v) is 9.52. The number of nitrogens with one attached hydrogen (secondary N) is 1. The molecule has 3 heterocycles. The van der Waals surface area contributed by atoms with Crippen molar-refractivity contribution in [3.8, 4) is 11.5 Å². The van der Waals surface area contributed by atoms with Crippen molar-refractivity contribution < 1.29 is 14.3 Å². The van der Waals surface area contributed by atoms with Gasteiger partial charge >= 0.3 is 0 Å². The van der Waals surface area contributed by atoms with Gasteiger partial charge in [0.05, 0.1) is 24.5 Å². The number of fused-ring (bicyclic) bond motifs is 2. The van der Waals surface area contributed by atoms with Crippen LogP contribution >= 0.6 is 0 Å². The number of hydrogen-bond donors (Lipinski definition) is 1. The lowest BCUT2D eigenvalue weighted by molar-refractivity contribution is -0.130. The summed E-state index contributed by atoms with van der Waals surface area (Å²) in [7, 11) is 0. The highest BCUT2D eigenvalue weighted by Gasteiger charge is 2.27. The van der Waals surface area contributed by atoms with E-state index in [1.807, 2.05) is 18.2 Å². The Labute approximate surface area is 159 Å². The molecule has 7 nitrogen and oxygen atoms in total. The number of carbonyl (C=O) groups excluding carboxylic acids is 1. The maximum absolute atomic E-state index is 12.4. The standard InChI is InChI=1S/C20H26N4O3/c1-14(2)11-23-7-8-24-16(12-23)9-15(22-24)10-21-20(25)19-13-26-17-5-3-4-6-18(17)27-19/h3-6,9,14,19H,7-8,10-13H2,1-2H3,(H,21,25). The minimum Gasteiger partial charge on any atom is -0.485 e. The first-order chi connectivity index (χ1) is 13.1. The Morgan fingerprint density at radius 3 is 2.93 bits per heavy atom. The van der Waals surface area contributed by atoms with E-state index >= 15 is 0 Å². The van der Waals surface area contributed by atoms with Gasteiger partial charge < -0.3 is 14.8 Å². The van der Waals surface area contributed by atoms with Gasteiger partial charge in [-0.3, -0.25) is 14.4 Å². The second kappa shape index (κ2) is 7.60. The molecule has 2 aliphatic rings. The van der Waals surface area contributed by atoms with Crippen molar-refractivity contribution >= 4 is 5.91 Å². The van der Waals surface area contributed by atoms with Crippen LogP contribution in [0.3, 0.4) is 0 Å². The van der Waals surface area contributed by atoms with Gasteiger partial charge in [-0.2, -0.15) is 5.10 Å². The fourth-order valence-electron chi connectivity index (χ4n) is 3.58. The number of carbonyl (C=O) groups is 1. The van der Waals surface area contributed by atoms with Crippen LogP contribution in [0.15, 0.2) is 30.3 Å². The van der Waals surface area contributed by atoms with Crippen LogP contribution in [0.5, 0.6) is 11.5 Å². The topological polar surface area (TPSA) is 68.6 Å². The molecule has 1 amide bonds. The second-order valence-electron chi connectivity index (χ2n) is 7.56. The van der Waals surface area contributed by atoms with E-state index in [4.69, 9.17) is 9.47 Å². The normalized spacial score (nSPS) is 19.0. The predicted octanol–water partition coefficient (Wildman–Crippen LogP) is 1.81. The SMILES string of the molecule is CC(C)CN1CCn2nc(CNC(=O)C3COc4ccccc4O3)cc2C1. The summed E-state index contributed by atoms with van der Waals surface area (Å²) in [5.74, 6) is 1.75. The Morgan fingerprint density at radius 2 is 2.11 bits per heavy atom. The van der Waals surface area contributed by atoms with Crippen LogP contribution in [0.25, 0.3) is 0 Å². The molecule has 0 fully saturated rings. The minimum absolute atomic E-state index is 0.183. The third kappa shape index (κ3) is 4.08. The first-order valence-electron chi connectivity index (χ1n) is 9.52. The van der Waals surface area contributed by atoms with Crippen molar-refractivity contribution in [1.82, 2.24) is 20.0 Å². The van der Waals surface area contributed by atoms with Gasteiger partial charge in [0.2, 0.25) is 6.10 Å². The van der Waals surface area contributed by atoms with E-state index in [2.05, 4.69) is 39.9 Å². The Kier molecular flexibility index (Phi) is 5.03. The highest BCUT2D eigenvalue weighted by atomic mass is 16.6. The van der Waals surface area contributed by atoms with E-state index in [0.29, 0.717) is 24.0 Å². The van der Waals surface area contributed by atoms with Crippen LogP contribution < -0.4 is 14.8 Å². The van der Waals surface area contributed by atoms with Gasteiger partial charge in [0.15, 0.2) is 11.5 Å². The maximum Gasteiger partial charge on any atom is 0.265 e. The Morgan fingerprint density at radius 1 is 1.30 bits per heavy atom. The molecule has 0 saturated carbocycles. The Bertz CT molecular complexity index is 817. The number of nitrogens with zero attached hydrogens (tertiary/aromatic N) is 3. The van der Waals surface area contributed by atoms with Gasteiger partial charge in [0, 0.05) is 19.6 Å². The molecule has 4 rings (SSSR count). The number of benzene rings is 1. The van der Waals surface area contributed by atoms with E-state index in [0.717, 1.165) is 31.9 Å². The summed E-state index contributed by atoms with van der Waals surface area (Å²) in [5.41, 5.74) is 2.08. The van der Waals surface area contributed by atoms with E-state index in [1.54, 1.807) is 6.07 Å². The molecule has 27 heavy (non-hydrogen) atoms. The van der Waals surface area contributed by atoms with Crippen molar-refractivity contribution in [1.29, 1.82) is 0 Å². The zero-order valence-electron chi connectivity index (χ0n) is 15.9. The van der Waals surface area contributed by atoms with Crippen LogP contribution in [0.4, 0.5) is 0 Å². The van der Waals surface area contributed by atoms with Crippen molar-refractivity contribution in [3.63, 3.8) is 0 Å². The number of ether oxygens (including phenoxy) is 2. The van der Waals surface area contributed by atoms with Crippen LogP contribution in [-0.2, 0) is 24.4 Å². The lowest BCUT2D eigenvalue weighted by atomic mass is 10.2. The molecular weight excluding hydrogens is 344 g/mol. The van der Waals surface area contributed by atoms with Gasteiger partial charge in [-0.15, -0.1) is 0 Å². The van der Waals surface area contributed by atoms with Gasteiger partial charge in [0.25, 0.3) is 5.91 Å². The summed E-state index contributed by atoms with van der Waals surface area (Å²) in [5, 5.41) is 7.54. The molecule has 0 spiro atoms. The Hall–Kier alpha value is -2.54. The van der Waals surface area contributed by atoms with Gasteiger partial charge in [-0.1, -0.05) is 26.0 Å². The van der Waals surface area contributed by atoms with E-state index in [1.165, 1.54) is 5.69 Å². The second-order valence-corrected chi connectivity index (χ2v) is 7.56. The van der Waals surface area contributed by atoms with E-state index in [-0.39, 0.29) is 12.5 Å². The van der Waals surface area contributed by atoms with Crippen molar-refractivity contribution in [2.75, 3.05) is 19.7 Å². The predicted molar refractivity (Wildman–Crippen MR) is 101 cm³/mol. The van der Waals surface area contributed by atoms with Gasteiger partial charge in [-0.05, 0) is 24.1 Å². The summed E-state index contributed by atoms with van der Waals surface area (Å²) < 4.78 is 13.4. The average molecular weight is 370 g/mol. The smallest absolute Gasteiger partial charge is 0.265 e. The highest BCUT2D eigenvalue weighted by molar-refractivity contribution is 5.81. The monoisotopic (exact) mass is 370 g/mol. The maximum atomic E-state index is 12.4. The largest absolute Gasteiger partial charge is 0.485 e. The number of aromatic nitrogens is 2. The molecule has 0 bridgehead atoms. The fourth-order valence-corrected chi connectivity index (χ4v) is 3.58. The highest BCUT2D eigenvalue weighted by Crippen LogP contribution is 2.30. The number of amides is 1. The molecule has 144 valence electrons. The molecule has 1 aromatic carbocycles. The summed E-state index contributed by atoms with van der Waals surface area (Å²) in [6.45, 7) is 9.01. The van der Waals surface area contributed by atoms with E-state index in [9.17, 15) is 4.79 Å². The zero-order chi connectivity index (χ0) is 18.8. The molecule has 1 aromatic heterocycles. The van der Waals surface area contributed by atoms with Crippen molar-refractivity contribution in [2.24, 2.45) is 5.92 Å². The van der Waals surface area contributed by atoms with Crippen LogP contribution in [-0.4, -0.2) is 46.4 Å². The zero-order valence-corrected chi connectivity index (χ0v) is 15.9. The quantitative estimate of drug-likeness (QED) is 0.869. The summed E-state index contributed by atoms with van der Waals surface area (Å²) >= 11 is 0. The molecule has 0 aliphatic carbocycles. The fraction of sp³-hybridized carbons (Fsp3) is 0.500. The lowest BCUT2D eigenvalue weighted by Gasteiger charge is -2.28. The lowest BCUT2D eigenvalue weighted by Crippen LogP contribution is -2.43. The minimum atomic E-state index is -0.640. The molecule has 1 unspecified atom stereocenters. The third-order valence-electron chi connectivity index (χ3n) is 4.80. The molecule has 1 atom stereocenters. The first kappa shape index (κ1) is 17.9. The molecule has 0 saturated heterocycles. The summed E-state index contributed by atoms with van der Waals surface area (Å²) in [6, 6.07) is 9.47. The molecule has 2 aromatic rings. The molecular formula is C20H26N4O3. The average Bonchev–Trinajstić information content (AvgIpc) is 3.07. The Balaban J connectivity index is 1.32. The molecule has 2 aliphatic heterocycles. The van der Waals surface area contributed by atoms with Gasteiger partial charge in [-0.25, -0.2) is 0 Å². The van der Waals surface area contributed by atoms with E-state index < -0.39 is 6.10 Å². The summed E-state index contributed by atoms with van der Waals surface area (Å²) in [4.78, 5) is 14.9. The molecule has 0 radical (unpaired) electrons. The third-order valence-corrected chi connectivity index (χ3v) is 4.80.